The molecule has 2 nitrogen and oxygen atoms in total. The Bertz CT molecular complexity index is 615. The van der Waals surface area contributed by atoms with E-state index >= 15 is 0 Å². The minimum Gasteiger partial charge on any atom is -0.356 e. The Morgan fingerprint density at radius 3 is 0.745 bits per heavy atom. The van der Waals surface area contributed by atoms with Gasteiger partial charge in [-0.3, -0.25) is 0 Å². The molecule has 280 valence electrons. The van der Waals surface area contributed by atoms with E-state index in [0.717, 1.165) is 0 Å². The molecular weight excluding hydrogens is 569 g/mol. The first kappa shape index (κ1) is 44.4. The third-order valence-corrected chi connectivity index (χ3v) is 11.1. The van der Waals surface area contributed by atoms with Crippen molar-refractivity contribution in [1.29, 1.82) is 0 Å². The molecule has 1 aliphatic heterocycles. The summed E-state index contributed by atoms with van der Waals surface area (Å²) in [6.07, 6.45) is 58.9. The highest BCUT2D eigenvalue weighted by atomic mass is 15.4. The fraction of sp³-hybridized carbons (Fsp3) is 0.956. The lowest BCUT2D eigenvalue weighted by molar-refractivity contribution is 0.135. The van der Waals surface area contributed by atoms with Crippen LogP contribution in [0.1, 0.15) is 258 Å². The molecule has 1 heterocycles. The molecule has 0 saturated heterocycles. The van der Waals surface area contributed by atoms with Crippen molar-refractivity contribution in [2.45, 2.75) is 265 Å². The van der Waals surface area contributed by atoms with Gasteiger partial charge in [0.2, 0.25) is 0 Å². The number of unbranched alkanes of at least 4 members (excludes halogenated alkanes) is 33. The highest BCUT2D eigenvalue weighted by molar-refractivity contribution is 4.97. The van der Waals surface area contributed by atoms with Gasteiger partial charge in [0.25, 0.3) is 0 Å². The van der Waals surface area contributed by atoms with Gasteiger partial charge in [0.1, 0.15) is 6.17 Å². The van der Waals surface area contributed by atoms with Gasteiger partial charge in [0.15, 0.2) is 0 Å². The monoisotopic (exact) mass is 659 g/mol. The van der Waals surface area contributed by atoms with Crippen LogP contribution in [-0.4, -0.2) is 29.1 Å². The largest absolute Gasteiger partial charge is 0.356 e. The molecule has 0 spiro atoms. The summed E-state index contributed by atoms with van der Waals surface area (Å²) in [7, 11) is 0. The molecule has 0 aromatic carbocycles. The summed E-state index contributed by atoms with van der Waals surface area (Å²) in [6, 6.07) is 0. The fourth-order valence-corrected chi connectivity index (χ4v) is 7.78. The second-order valence-electron chi connectivity index (χ2n) is 15.7. The first-order chi connectivity index (χ1) is 23.3. The number of rotatable bonds is 39. The van der Waals surface area contributed by atoms with Crippen LogP contribution in [0.2, 0.25) is 0 Å². The van der Waals surface area contributed by atoms with E-state index in [1.165, 1.54) is 251 Å². The molecule has 0 bridgehead atoms. The third-order valence-electron chi connectivity index (χ3n) is 11.1. The predicted molar refractivity (Wildman–Crippen MR) is 214 cm³/mol. The molecule has 0 fully saturated rings. The average molecular weight is 659 g/mol. The second-order valence-corrected chi connectivity index (χ2v) is 15.7. The van der Waals surface area contributed by atoms with Crippen molar-refractivity contribution >= 4 is 0 Å². The molecule has 0 aliphatic carbocycles. The van der Waals surface area contributed by atoms with Crippen LogP contribution in [0.15, 0.2) is 12.4 Å². The van der Waals surface area contributed by atoms with Gasteiger partial charge in [0, 0.05) is 25.5 Å². The van der Waals surface area contributed by atoms with Crippen LogP contribution in [0.5, 0.6) is 0 Å². The van der Waals surface area contributed by atoms with Crippen molar-refractivity contribution in [2.24, 2.45) is 0 Å². The minimum absolute atomic E-state index is 0.638. The van der Waals surface area contributed by atoms with Gasteiger partial charge in [-0.1, -0.05) is 233 Å². The maximum absolute atomic E-state index is 2.73. The number of hydrogen-bond donors (Lipinski definition) is 0. The van der Waals surface area contributed by atoms with Crippen LogP contribution in [0, 0.1) is 0 Å². The van der Waals surface area contributed by atoms with Crippen LogP contribution in [0.3, 0.4) is 0 Å². The van der Waals surface area contributed by atoms with Crippen molar-refractivity contribution in [3.8, 4) is 0 Å². The zero-order valence-corrected chi connectivity index (χ0v) is 33.2. The van der Waals surface area contributed by atoms with Gasteiger partial charge >= 0.3 is 0 Å². The smallest absolute Gasteiger partial charge is 0.101 e. The van der Waals surface area contributed by atoms with Crippen LogP contribution >= 0.6 is 0 Å². The lowest BCUT2D eigenvalue weighted by Gasteiger charge is -2.33. The summed E-state index contributed by atoms with van der Waals surface area (Å²) >= 11 is 0. The molecule has 0 aromatic heterocycles. The number of nitrogens with zero attached hydrogens (tertiary/aromatic N) is 2. The van der Waals surface area contributed by atoms with E-state index in [9.17, 15) is 0 Å². The third kappa shape index (κ3) is 28.8. The van der Waals surface area contributed by atoms with E-state index < -0.39 is 0 Å². The zero-order valence-electron chi connectivity index (χ0n) is 33.2. The first-order valence-corrected chi connectivity index (χ1v) is 22.5. The van der Waals surface area contributed by atoms with Crippen LogP contribution in [0.25, 0.3) is 0 Å². The molecule has 1 rings (SSSR count). The molecule has 0 amide bonds. The lowest BCUT2D eigenvalue weighted by Crippen LogP contribution is -2.39. The highest BCUT2D eigenvalue weighted by Crippen LogP contribution is 2.24. The Morgan fingerprint density at radius 1 is 0.277 bits per heavy atom. The van der Waals surface area contributed by atoms with Gasteiger partial charge < -0.3 is 9.80 Å². The summed E-state index contributed by atoms with van der Waals surface area (Å²) in [5, 5.41) is 0. The molecule has 1 atom stereocenters. The molecule has 2 heteroatoms. The summed E-state index contributed by atoms with van der Waals surface area (Å²) in [4.78, 5) is 5.45. The van der Waals surface area contributed by atoms with Gasteiger partial charge in [-0.25, -0.2) is 0 Å². The van der Waals surface area contributed by atoms with Crippen LogP contribution < -0.4 is 0 Å². The highest BCUT2D eigenvalue weighted by Gasteiger charge is 2.24. The Kier molecular flexibility index (Phi) is 34.6. The summed E-state index contributed by atoms with van der Waals surface area (Å²) in [5.41, 5.74) is 0. The Balaban J connectivity index is 2.14. The van der Waals surface area contributed by atoms with E-state index in [2.05, 4.69) is 43.0 Å². The summed E-state index contributed by atoms with van der Waals surface area (Å²) < 4.78 is 0. The maximum atomic E-state index is 2.73. The topological polar surface area (TPSA) is 6.48 Å². The Morgan fingerprint density at radius 2 is 0.489 bits per heavy atom. The van der Waals surface area contributed by atoms with E-state index in [-0.39, 0.29) is 0 Å². The second kappa shape index (κ2) is 36.6. The lowest BCUT2D eigenvalue weighted by atomic mass is 10.0. The molecular formula is C45H90N2. The van der Waals surface area contributed by atoms with Crippen molar-refractivity contribution in [1.82, 2.24) is 9.80 Å². The van der Waals surface area contributed by atoms with Crippen LogP contribution in [-0.2, 0) is 0 Å². The van der Waals surface area contributed by atoms with Gasteiger partial charge in [-0.15, -0.1) is 0 Å². The minimum atomic E-state index is 0.638. The fourth-order valence-electron chi connectivity index (χ4n) is 7.78. The zero-order chi connectivity index (χ0) is 33.7. The number of hydrogen-bond acceptors (Lipinski definition) is 2. The molecule has 0 saturated carbocycles. The van der Waals surface area contributed by atoms with E-state index in [1.54, 1.807) is 0 Å². The molecule has 1 unspecified atom stereocenters. The van der Waals surface area contributed by atoms with Crippen molar-refractivity contribution in [3.05, 3.63) is 12.4 Å². The predicted octanol–water partition coefficient (Wildman–Crippen LogP) is 15.9. The first-order valence-electron chi connectivity index (χ1n) is 22.5. The summed E-state index contributed by atoms with van der Waals surface area (Å²) in [6.45, 7) is 9.49. The van der Waals surface area contributed by atoms with Gasteiger partial charge in [-0.2, -0.15) is 0 Å². The molecule has 1 aliphatic rings. The quantitative estimate of drug-likeness (QED) is 0.0606. The SMILES string of the molecule is CCCCCCCCCCCCCCCCCCCN1C=CN(CCCCCCCCCCCCC)C1CCCCCCCCCC. The van der Waals surface area contributed by atoms with Crippen LogP contribution in [0.4, 0.5) is 0 Å². The van der Waals surface area contributed by atoms with E-state index in [0.29, 0.717) is 6.17 Å². The Labute approximate surface area is 299 Å². The van der Waals surface area contributed by atoms with E-state index in [4.69, 9.17) is 0 Å². The Hall–Kier alpha value is -0.660. The average Bonchev–Trinajstić information content (AvgIpc) is 3.47. The standard InChI is InChI=1S/C45H90N2/c1-4-7-10-13-16-19-21-22-23-24-25-26-28-30-33-36-39-42-47-44-43-46(45(47)40-37-34-31-18-15-12-9-6-3)41-38-35-32-29-27-20-17-14-11-8-5-2/h43-45H,4-42H2,1-3H3. The van der Waals surface area contributed by atoms with E-state index in [1.807, 2.05) is 0 Å². The van der Waals surface area contributed by atoms with Gasteiger partial charge in [-0.05, 0) is 25.7 Å². The molecule has 0 N–H and O–H groups in total. The van der Waals surface area contributed by atoms with Crippen molar-refractivity contribution in [3.63, 3.8) is 0 Å². The molecule has 0 aromatic rings. The normalized spacial score (nSPS) is 14.7. The molecule has 0 radical (unpaired) electrons. The molecule has 47 heavy (non-hydrogen) atoms. The van der Waals surface area contributed by atoms with Gasteiger partial charge in [0.05, 0.1) is 0 Å². The summed E-state index contributed by atoms with van der Waals surface area (Å²) in [5.74, 6) is 0. The van der Waals surface area contributed by atoms with Crippen molar-refractivity contribution < 1.29 is 0 Å². The maximum Gasteiger partial charge on any atom is 0.101 e. The van der Waals surface area contributed by atoms with Crippen molar-refractivity contribution in [2.75, 3.05) is 13.1 Å².